The van der Waals surface area contributed by atoms with Gasteiger partial charge in [0, 0.05) is 10.9 Å². The minimum Gasteiger partial charge on any atom is -0.497 e. The molecular weight excluding hydrogens is 442 g/mol. The van der Waals surface area contributed by atoms with Crippen LogP contribution in [-0.4, -0.2) is 44.3 Å². The molecule has 0 spiro atoms. The van der Waals surface area contributed by atoms with Crippen molar-refractivity contribution >= 4 is 33.8 Å². The molecule has 1 saturated carbocycles. The molecule has 7 nitrogen and oxygen atoms in total. The standard InChI is InChI=1S/C22H24ClNO6S/c1-21(2,3)30-20(26)24-22(13-25)18(14-5-9-16(29-4)10-6-14)19(22)31(27,28)17-11-7-15(23)8-12-17/h5-13,18-19H,1-4H3,(H,24,26)/t18-,19+,22-/m1/s1. The summed E-state index contributed by atoms with van der Waals surface area (Å²) in [7, 11) is -2.48. The van der Waals surface area contributed by atoms with Gasteiger partial charge in [0.25, 0.3) is 0 Å². The maximum absolute atomic E-state index is 13.4. The largest absolute Gasteiger partial charge is 0.497 e. The van der Waals surface area contributed by atoms with E-state index in [9.17, 15) is 18.0 Å². The molecule has 0 saturated heterocycles. The molecule has 0 aromatic heterocycles. The molecule has 1 amide bonds. The first-order valence-corrected chi connectivity index (χ1v) is 11.5. The second-order valence-corrected chi connectivity index (χ2v) is 10.9. The van der Waals surface area contributed by atoms with Crippen LogP contribution in [0.1, 0.15) is 32.3 Å². The van der Waals surface area contributed by atoms with Gasteiger partial charge in [-0.25, -0.2) is 13.2 Å². The topological polar surface area (TPSA) is 98.8 Å². The molecule has 31 heavy (non-hydrogen) atoms. The highest BCUT2D eigenvalue weighted by Crippen LogP contribution is 2.56. The lowest BCUT2D eigenvalue weighted by molar-refractivity contribution is -0.110. The Hall–Kier alpha value is -2.58. The van der Waals surface area contributed by atoms with Gasteiger partial charge in [0.15, 0.2) is 9.84 Å². The number of methoxy groups -OCH3 is 1. The SMILES string of the molecule is COc1ccc([C@@H]2[C@H](S(=O)(=O)c3ccc(Cl)cc3)[C@]2(C=O)NC(=O)OC(C)(C)C)cc1. The van der Waals surface area contributed by atoms with Crippen LogP contribution < -0.4 is 10.1 Å². The van der Waals surface area contributed by atoms with Crippen LogP contribution in [0.5, 0.6) is 5.75 Å². The average molecular weight is 466 g/mol. The van der Waals surface area contributed by atoms with Crippen LogP contribution >= 0.6 is 11.6 Å². The first-order valence-electron chi connectivity index (χ1n) is 9.55. The Morgan fingerprint density at radius 3 is 2.16 bits per heavy atom. The Kier molecular flexibility index (Phi) is 6.08. The van der Waals surface area contributed by atoms with E-state index >= 15 is 0 Å². The maximum Gasteiger partial charge on any atom is 0.408 e. The molecule has 2 aromatic rings. The fourth-order valence-corrected chi connectivity index (χ4v) is 6.01. The Morgan fingerprint density at radius 2 is 1.68 bits per heavy atom. The molecule has 0 aliphatic heterocycles. The molecule has 0 bridgehead atoms. The molecule has 1 aliphatic rings. The van der Waals surface area contributed by atoms with Gasteiger partial charge in [-0.2, -0.15) is 0 Å². The summed E-state index contributed by atoms with van der Waals surface area (Å²) >= 11 is 5.89. The van der Waals surface area contributed by atoms with E-state index in [4.69, 9.17) is 21.1 Å². The number of carbonyl (C=O) groups excluding carboxylic acids is 2. The molecule has 3 rings (SSSR count). The summed E-state index contributed by atoms with van der Waals surface area (Å²) in [4.78, 5) is 24.7. The zero-order valence-electron chi connectivity index (χ0n) is 17.6. The summed E-state index contributed by atoms with van der Waals surface area (Å²) < 4.78 is 37.3. The normalized spacial score (nSPS) is 23.0. The van der Waals surface area contributed by atoms with Gasteiger partial charge < -0.3 is 19.6 Å². The van der Waals surface area contributed by atoms with E-state index in [-0.39, 0.29) is 4.90 Å². The summed E-state index contributed by atoms with van der Waals surface area (Å²) in [5.41, 5.74) is -1.91. The van der Waals surface area contributed by atoms with E-state index in [1.54, 1.807) is 45.0 Å². The van der Waals surface area contributed by atoms with Gasteiger partial charge >= 0.3 is 6.09 Å². The molecule has 3 atom stereocenters. The van der Waals surface area contributed by atoms with Crippen molar-refractivity contribution < 1.29 is 27.5 Å². The third-order valence-corrected chi connectivity index (χ3v) is 7.55. The van der Waals surface area contributed by atoms with E-state index in [0.717, 1.165) is 0 Å². The highest BCUT2D eigenvalue weighted by atomic mass is 35.5. The zero-order valence-corrected chi connectivity index (χ0v) is 19.2. The van der Waals surface area contributed by atoms with Gasteiger partial charge in [0.05, 0.1) is 12.0 Å². The quantitative estimate of drug-likeness (QED) is 0.652. The van der Waals surface area contributed by atoms with Crippen molar-refractivity contribution in [3.8, 4) is 5.75 Å². The first-order chi connectivity index (χ1) is 14.4. The number of rotatable bonds is 6. The minimum absolute atomic E-state index is 0.00938. The molecule has 1 fully saturated rings. The lowest BCUT2D eigenvalue weighted by Crippen LogP contribution is -2.45. The fourth-order valence-electron chi connectivity index (χ4n) is 3.64. The summed E-state index contributed by atoms with van der Waals surface area (Å²) in [6.07, 6.45) is -0.392. The number of halogens is 1. The van der Waals surface area contributed by atoms with Crippen LogP contribution in [0.2, 0.25) is 5.02 Å². The predicted octanol–water partition coefficient (Wildman–Crippen LogP) is 3.75. The minimum atomic E-state index is -4.00. The molecule has 9 heteroatoms. The van der Waals surface area contributed by atoms with Crippen molar-refractivity contribution in [1.82, 2.24) is 5.32 Å². The highest BCUT2D eigenvalue weighted by Gasteiger charge is 2.73. The lowest BCUT2D eigenvalue weighted by atomic mass is 10.1. The van der Waals surface area contributed by atoms with Crippen molar-refractivity contribution in [2.75, 3.05) is 7.11 Å². The van der Waals surface area contributed by atoms with Crippen LogP contribution in [0.25, 0.3) is 0 Å². The second kappa shape index (κ2) is 8.16. The predicted molar refractivity (Wildman–Crippen MR) is 116 cm³/mol. The van der Waals surface area contributed by atoms with Crippen LogP contribution in [0, 0.1) is 0 Å². The van der Waals surface area contributed by atoms with Crippen molar-refractivity contribution in [2.24, 2.45) is 0 Å². The molecule has 0 heterocycles. The Labute approximate surface area is 186 Å². The number of nitrogens with one attached hydrogen (secondary N) is 1. The second-order valence-electron chi connectivity index (χ2n) is 8.35. The number of benzene rings is 2. The third kappa shape index (κ3) is 4.55. The molecule has 1 aliphatic carbocycles. The molecule has 0 unspecified atom stereocenters. The van der Waals surface area contributed by atoms with Crippen molar-refractivity contribution in [3.63, 3.8) is 0 Å². The van der Waals surface area contributed by atoms with Crippen LogP contribution in [0.4, 0.5) is 4.79 Å². The van der Waals surface area contributed by atoms with Crippen molar-refractivity contribution in [1.29, 1.82) is 0 Å². The molecule has 166 valence electrons. The fraction of sp³-hybridized carbons (Fsp3) is 0.364. The van der Waals surface area contributed by atoms with E-state index in [0.29, 0.717) is 22.6 Å². The monoisotopic (exact) mass is 465 g/mol. The Balaban J connectivity index is 2.04. The van der Waals surface area contributed by atoms with E-state index < -0.39 is 38.2 Å². The van der Waals surface area contributed by atoms with E-state index in [2.05, 4.69) is 5.32 Å². The Bertz CT molecular complexity index is 1080. The highest BCUT2D eigenvalue weighted by molar-refractivity contribution is 7.92. The van der Waals surface area contributed by atoms with Gasteiger partial charge in [0.2, 0.25) is 0 Å². The van der Waals surface area contributed by atoms with Gasteiger partial charge in [0.1, 0.15) is 28.4 Å². The van der Waals surface area contributed by atoms with Gasteiger partial charge in [-0.3, -0.25) is 0 Å². The molecule has 2 aromatic carbocycles. The van der Waals surface area contributed by atoms with Gasteiger partial charge in [-0.1, -0.05) is 23.7 Å². The van der Waals surface area contributed by atoms with Crippen LogP contribution in [0.15, 0.2) is 53.4 Å². The number of hydrogen-bond acceptors (Lipinski definition) is 6. The number of ether oxygens (including phenoxy) is 2. The number of sulfone groups is 1. The first kappa shape index (κ1) is 23.1. The number of amides is 1. The third-order valence-electron chi connectivity index (χ3n) is 5.04. The summed E-state index contributed by atoms with van der Waals surface area (Å²) in [6.45, 7) is 5.03. The lowest BCUT2D eigenvalue weighted by Gasteiger charge is -2.22. The van der Waals surface area contributed by atoms with Gasteiger partial charge in [-0.05, 0) is 62.7 Å². The number of carbonyl (C=O) groups is 2. The maximum atomic E-state index is 13.4. The number of alkyl carbamates (subject to hydrolysis) is 1. The van der Waals surface area contributed by atoms with Crippen LogP contribution in [0.3, 0.4) is 0 Å². The number of hydrogen-bond donors (Lipinski definition) is 1. The molecule has 0 radical (unpaired) electrons. The summed E-state index contributed by atoms with van der Waals surface area (Å²) in [6, 6.07) is 12.4. The molecule has 1 N–H and O–H groups in total. The van der Waals surface area contributed by atoms with E-state index in [1.807, 2.05) is 0 Å². The number of aldehydes is 1. The summed E-state index contributed by atoms with van der Waals surface area (Å²) in [5, 5.41) is 1.70. The summed E-state index contributed by atoms with van der Waals surface area (Å²) in [5.74, 6) is -0.220. The average Bonchev–Trinajstić information content (AvgIpc) is 3.36. The van der Waals surface area contributed by atoms with E-state index in [1.165, 1.54) is 31.4 Å². The smallest absolute Gasteiger partial charge is 0.408 e. The van der Waals surface area contributed by atoms with Crippen LogP contribution in [-0.2, 0) is 19.4 Å². The zero-order chi connectivity index (χ0) is 23.0. The van der Waals surface area contributed by atoms with Crippen molar-refractivity contribution in [2.45, 2.75) is 48.0 Å². The Morgan fingerprint density at radius 1 is 1.10 bits per heavy atom. The molecular formula is C22H24ClNO6S. The van der Waals surface area contributed by atoms with Gasteiger partial charge in [-0.15, -0.1) is 0 Å². The van der Waals surface area contributed by atoms with Crippen molar-refractivity contribution in [3.05, 3.63) is 59.1 Å².